The molecule has 1 aliphatic rings. The van der Waals surface area contributed by atoms with E-state index < -0.39 is 6.09 Å². The average Bonchev–Trinajstić information content (AvgIpc) is 3.04. The molecule has 26 heavy (non-hydrogen) atoms. The van der Waals surface area contributed by atoms with Crippen molar-refractivity contribution in [1.29, 1.82) is 0 Å². The minimum atomic E-state index is -1.06. The summed E-state index contributed by atoms with van der Waals surface area (Å²) >= 11 is 0. The highest BCUT2D eigenvalue weighted by molar-refractivity contribution is 5.85. The summed E-state index contributed by atoms with van der Waals surface area (Å²) in [6, 6.07) is 8.00. The van der Waals surface area contributed by atoms with Crippen LogP contribution in [-0.2, 0) is 6.42 Å². The molecule has 134 valence electrons. The number of hydrogen-bond acceptors (Lipinski definition) is 5. The van der Waals surface area contributed by atoms with E-state index in [0.717, 1.165) is 25.1 Å². The maximum atomic E-state index is 11.7. The van der Waals surface area contributed by atoms with Crippen molar-refractivity contribution in [1.82, 2.24) is 19.6 Å². The third kappa shape index (κ3) is 2.54. The van der Waals surface area contributed by atoms with Gasteiger partial charge in [0.05, 0.1) is 0 Å². The van der Waals surface area contributed by atoms with Crippen LogP contribution in [0.3, 0.4) is 0 Å². The normalized spacial score (nSPS) is 13.9. The second-order valence-electron chi connectivity index (χ2n) is 6.57. The number of amides is 1. The number of carbonyl (C=O) groups is 1. The van der Waals surface area contributed by atoms with Crippen molar-refractivity contribution in [3.05, 3.63) is 42.2 Å². The van der Waals surface area contributed by atoms with Crippen molar-refractivity contribution in [3.8, 4) is 0 Å². The number of fused-ring (bicyclic) bond motifs is 2. The molecule has 3 heterocycles. The Balaban J connectivity index is 1.86. The maximum Gasteiger partial charge on any atom is 0.414 e. The van der Waals surface area contributed by atoms with Crippen LogP contribution in [0, 0.1) is 0 Å². The maximum absolute atomic E-state index is 11.7. The van der Waals surface area contributed by atoms with E-state index in [1.807, 2.05) is 12.1 Å². The molecule has 0 bridgehead atoms. The van der Waals surface area contributed by atoms with Gasteiger partial charge in [-0.05, 0) is 38.3 Å². The van der Waals surface area contributed by atoms with Gasteiger partial charge < -0.3 is 10.0 Å². The Morgan fingerprint density at radius 1 is 1.27 bits per heavy atom. The molecule has 1 aliphatic heterocycles. The standard InChI is InChI=1S/C18H20N6O2/c1-12(2)24(18(25)26)17-21-20-16-15(19-9-11-23(16)17)22-10-5-7-13-6-3-4-8-14(13)22/h3-4,6,8-9,11-12H,5,7,10H2,1-2H3,(H,25,26). The summed E-state index contributed by atoms with van der Waals surface area (Å²) in [6.07, 6.45) is 4.35. The van der Waals surface area contributed by atoms with E-state index in [1.54, 1.807) is 30.6 Å². The predicted molar refractivity (Wildman–Crippen MR) is 98.2 cm³/mol. The lowest BCUT2D eigenvalue weighted by molar-refractivity contribution is 0.199. The summed E-state index contributed by atoms with van der Waals surface area (Å²) in [5, 5.41) is 17.9. The van der Waals surface area contributed by atoms with Crippen molar-refractivity contribution in [2.24, 2.45) is 0 Å². The van der Waals surface area contributed by atoms with E-state index in [1.165, 1.54) is 10.5 Å². The van der Waals surface area contributed by atoms with Crippen LogP contribution in [0.1, 0.15) is 25.8 Å². The quantitative estimate of drug-likeness (QED) is 0.779. The minimum absolute atomic E-state index is 0.257. The molecule has 0 saturated carbocycles. The molecule has 8 heteroatoms. The summed E-state index contributed by atoms with van der Waals surface area (Å²) in [4.78, 5) is 19.5. The molecule has 2 aromatic heterocycles. The highest BCUT2D eigenvalue weighted by Crippen LogP contribution is 2.34. The molecule has 1 N–H and O–H groups in total. The van der Waals surface area contributed by atoms with Gasteiger partial charge in [0.2, 0.25) is 11.6 Å². The molecule has 0 atom stereocenters. The number of anilines is 3. The minimum Gasteiger partial charge on any atom is -0.465 e. The zero-order valence-corrected chi connectivity index (χ0v) is 14.7. The van der Waals surface area contributed by atoms with Crippen LogP contribution in [0.25, 0.3) is 5.65 Å². The van der Waals surface area contributed by atoms with Gasteiger partial charge in [0, 0.05) is 30.7 Å². The van der Waals surface area contributed by atoms with Crippen LogP contribution >= 0.6 is 0 Å². The lowest BCUT2D eigenvalue weighted by atomic mass is 10.0. The first-order chi connectivity index (χ1) is 12.6. The largest absolute Gasteiger partial charge is 0.465 e. The first-order valence-corrected chi connectivity index (χ1v) is 8.65. The lowest BCUT2D eigenvalue weighted by Crippen LogP contribution is -2.37. The Morgan fingerprint density at radius 3 is 2.85 bits per heavy atom. The summed E-state index contributed by atoms with van der Waals surface area (Å²) in [5.74, 6) is 0.962. The monoisotopic (exact) mass is 352 g/mol. The third-order valence-corrected chi connectivity index (χ3v) is 4.59. The van der Waals surface area contributed by atoms with E-state index in [9.17, 15) is 9.90 Å². The third-order valence-electron chi connectivity index (χ3n) is 4.59. The Bertz CT molecular complexity index is 967. The smallest absolute Gasteiger partial charge is 0.414 e. The van der Waals surface area contributed by atoms with Gasteiger partial charge in [0.1, 0.15) is 0 Å². The molecule has 4 rings (SSSR count). The Hall–Kier alpha value is -3.16. The molecule has 0 aliphatic carbocycles. The van der Waals surface area contributed by atoms with E-state index in [4.69, 9.17) is 0 Å². The van der Waals surface area contributed by atoms with Gasteiger partial charge in [0.15, 0.2) is 5.82 Å². The molecular formula is C18H20N6O2. The number of aryl methyl sites for hydroxylation is 1. The van der Waals surface area contributed by atoms with Gasteiger partial charge in [-0.15, -0.1) is 10.2 Å². The molecule has 1 amide bonds. The fourth-order valence-corrected chi connectivity index (χ4v) is 3.45. The van der Waals surface area contributed by atoms with Gasteiger partial charge in [-0.3, -0.25) is 4.40 Å². The zero-order chi connectivity index (χ0) is 18.3. The number of hydrogen-bond donors (Lipinski definition) is 1. The van der Waals surface area contributed by atoms with Crippen molar-refractivity contribution < 1.29 is 9.90 Å². The molecule has 1 aromatic carbocycles. The Kier molecular flexibility index (Phi) is 3.95. The molecule has 0 fully saturated rings. The van der Waals surface area contributed by atoms with Gasteiger partial charge in [-0.2, -0.15) is 0 Å². The first kappa shape index (κ1) is 16.3. The molecule has 0 spiro atoms. The van der Waals surface area contributed by atoms with Crippen LogP contribution in [0.5, 0.6) is 0 Å². The van der Waals surface area contributed by atoms with E-state index >= 15 is 0 Å². The molecule has 0 saturated heterocycles. The lowest BCUT2D eigenvalue weighted by Gasteiger charge is -2.30. The van der Waals surface area contributed by atoms with Crippen LogP contribution in [0.4, 0.5) is 22.2 Å². The number of benzene rings is 1. The van der Waals surface area contributed by atoms with E-state index in [-0.39, 0.29) is 12.0 Å². The van der Waals surface area contributed by atoms with Gasteiger partial charge >= 0.3 is 6.09 Å². The van der Waals surface area contributed by atoms with Crippen LogP contribution in [0.2, 0.25) is 0 Å². The second-order valence-corrected chi connectivity index (χ2v) is 6.57. The van der Waals surface area contributed by atoms with Crippen LogP contribution < -0.4 is 9.80 Å². The van der Waals surface area contributed by atoms with Crippen molar-refractivity contribution in [2.75, 3.05) is 16.3 Å². The fourth-order valence-electron chi connectivity index (χ4n) is 3.45. The van der Waals surface area contributed by atoms with E-state index in [0.29, 0.717) is 11.5 Å². The van der Waals surface area contributed by atoms with Crippen LogP contribution in [0.15, 0.2) is 36.7 Å². The zero-order valence-electron chi connectivity index (χ0n) is 14.7. The van der Waals surface area contributed by atoms with Crippen molar-refractivity contribution in [2.45, 2.75) is 32.7 Å². The van der Waals surface area contributed by atoms with Crippen molar-refractivity contribution >= 4 is 29.2 Å². The van der Waals surface area contributed by atoms with Gasteiger partial charge in [0.25, 0.3) is 0 Å². The number of nitrogens with zero attached hydrogens (tertiary/aromatic N) is 6. The summed E-state index contributed by atoms with van der Waals surface area (Å²) in [7, 11) is 0. The molecule has 0 unspecified atom stereocenters. The predicted octanol–water partition coefficient (Wildman–Crippen LogP) is 3.10. The number of para-hydroxylation sites is 1. The number of aromatic nitrogens is 4. The fraction of sp³-hybridized carbons (Fsp3) is 0.333. The summed E-state index contributed by atoms with van der Waals surface area (Å²) in [6.45, 7) is 4.44. The highest BCUT2D eigenvalue weighted by Gasteiger charge is 2.27. The average molecular weight is 352 g/mol. The number of rotatable bonds is 3. The topological polar surface area (TPSA) is 86.9 Å². The second kappa shape index (κ2) is 6.29. The van der Waals surface area contributed by atoms with Gasteiger partial charge in [-0.1, -0.05) is 18.2 Å². The van der Waals surface area contributed by atoms with Gasteiger partial charge in [-0.25, -0.2) is 14.7 Å². The number of carboxylic acid groups (broad SMARTS) is 1. The SMILES string of the molecule is CC(C)N(C(=O)O)c1nnc2c(N3CCCc4ccccc43)nccn12. The summed E-state index contributed by atoms with van der Waals surface area (Å²) < 4.78 is 1.69. The molecular weight excluding hydrogens is 332 g/mol. The highest BCUT2D eigenvalue weighted by atomic mass is 16.4. The Labute approximate surface area is 150 Å². The van der Waals surface area contributed by atoms with E-state index in [2.05, 4.69) is 32.2 Å². The molecule has 0 radical (unpaired) electrons. The van der Waals surface area contributed by atoms with Crippen LogP contribution in [-0.4, -0.2) is 43.4 Å². The summed E-state index contributed by atoms with van der Waals surface area (Å²) in [5.41, 5.74) is 2.94. The molecule has 8 nitrogen and oxygen atoms in total. The first-order valence-electron chi connectivity index (χ1n) is 8.65. The molecule has 3 aromatic rings. The Morgan fingerprint density at radius 2 is 2.08 bits per heavy atom. The van der Waals surface area contributed by atoms with Crippen molar-refractivity contribution in [3.63, 3.8) is 0 Å².